The first-order chi connectivity index (χ1) is 9.43. The first kappa shape index (κ1) is 15.1. The lowest BCUT2D eigenvalue weighted by Crippen LogP contribution is -2.21. The molecule has 4 N–H and O–H groups in total. The lowest BCUT2D eigenvalue weighted by molar-refractivity contribution is 0.0969. The highest BCUT2D eigenvalue weighted by Crippen LogP contribution is 2.42. The second-order valence-electron chi connectivity index (χ2n) is 4.37. The Kier molecular flexibility index (Phi) is 3.56. The van der Waals surface area contributed by atoms with Crippen LogP contribution in [0.25, 0.3) is 0 Å². The molecule has 0 radical (unpaired) electrons. The fourth-order valence-electron chi connectivity index (χ4n) is 2.33. The fourth-order valence-corrected chi connectivity index (χ4v) is 2.33. The summed E-state index contributed by atoms with van der Waals surface area (Å²) in [6, 6.07) is 4.29. The van der Waals surface area contributed by atoms with Crippen LogP contribution in [0.5, 0.6) is 23.0 Å². The van der Waals surface area contributed by atoms with E-state index >= 15 is 0 Å². The number of rotatable bonds is 0. The second kappa shape index (κ2) is 4.94. The zero-order valence-corrected chi connectivity index (χ0v) is 9.91. The first-order valence-corrected chi connectivity index (χ1v) is 5.62. The van der Waals surface area contributed by atoms with Crippen LogP contribution in [0.1, 0.15) is 31.8 Å². The van der Waals surface area contributed by atoms with E-state index in [9.17, 15) is 30.0 Å². The van der Waals surface area contributed by atoms with Crippen LogP contribution in [0.4, 0.5) is 0 Å². The van der Waals surface area contributed by atoms with Crippen molar-refractivity contribution in [2.75, 3.05) is 0 Å². The van der Waals surface area contributed by atoms with Crippen LogP contribution in [-0.4, -0.2) is 55.0 Å². The van der Waals surface area contributed by atoms with E-state index in [0.717, 1.165) is 24.3 Å². The van der Waals surface area contributed by atoms with E-state index in [2.05, 4.69) is 0 Å². The molecule has 0 unspecified atom stereocenters. The Bertz CT molecular complexity index is 667. The van der Waals surface area contributed by atoms with Gasteiger partial charge >= 0.3 is 23.1 Å². The Morgan fingerprint density at radius 3 is 0.905 bits per heavy atom. The molecule has 1 aliphatic rings. The molecular formula is C14H10MgO6. The lowest BCUT2D eigenvalue weighted by Gasteiger charge is -2.20. The molecule has 0 amide bonds. The van der Waals surface area contributed by atoms with Gasteiger partial charge < -0.3 is 20.4 Å². The summed E-state index contributed by atoms with van der Waals surface area (Å²) in [7, 11) is 0. The van der Waals surface area contributed by atoms with Gasteiger partial charge in [0.15, 0.2) is 0 Å². The predicted octanol–water partition coefficient (Wildman–Crippen LogP) is 0.368. The molecule has 0 bridgehead atoms. The van der Waals surface area contributed by atoms with Gasteiger partial charge in [0.25, 0.3) is 0 Å². The maximum Gasteiger partial charge on any atom is 0.316 e. The molecule has 0 aliphatic heterocycles. The average Bonchev–Trinajstić information content (AvgIpc) is 2.41. The van der Waals surface area contributed by atoms with E-state index in [-0.39, 0.29) is 45.3 Å². The van der Waals surface area contributed by atoms with Crippen LogP contribution in [0.15, 0.2) is 24.3 Å². The van der Waals surface area contributed by atoms with E-state index in [0.29, 0.717) is 0 Å². The van der Waals surface area contributed by atoms with E-state index < -0.39 is 34.6 Å². The van der Waals surface area contributed by atoms with Gasteiger partial charge in [-0.1, -0.05) is 0 Å². The molecule has 0 saturated carbocycles. The number of aromatic hydroxyl groups is 4. The molecule has 0 saturated heterocycles. The third-order valence-electron chi connectivity index (χ3n) is 3.23. The van der Waals surface area contributed by atoms with E-state index in [1.807, 2.05) is 0 Å². The zero-order chi connectivity index (χ0) is 14.6. The van der Waals surface area contributed by atoms with Gasteiger partial charge in [0.2, 0.25) is 11.6 Å². The summed E-state index contributed by atoms with van der Waals surface area (Å²) in [6.45, 7) is 0. The highest BCUT2D eigenvalue weighted by atomic mass is 24.3. The molecule has 0 spiro atoms. The lowest BCUT2D eigenvalue weighted by atomic mass is 9.82. The predicted molar refractivity (Wildman–Crippen MR) is 75.0 cm³/mol. The topological polar surface area (TPSA) is 115 Å². The van der Waals surface area contributed by atoms with Crippen molar-refractivity contribution in [3.8, 4) is 23.0 Å². The largest absolute Gasteiger partial charge is 0.507 e. The summed E-state index contributed by atoms with van der Waals surface area (Å²) in [6.07, 6.45) is 0. The second-order valence-corrected chi connectivity index (χ2v) is 4.37. The van der Waals surface area contributed by atoms with Crippen LogP contribution in [-0.2, 0) is 0 Å². The Hall–Kier alpha value is -2.25. The monoisotopic (exact) mass is 298 g/mol. The van der Waals surface area contributed by atoms with Crippen molar-refractivity contribution in [1.29, 1.82) is 0 Å². The van der Waals surface area contributed by atoms with Crippen LogP contribution in [0, 0.1) is 0 Å². The summed E-state index contributed by atoms with van der Waals surface area (Å²) in [5, 5.41) is 38.9. The van der Waals surface area contributed by atoms with Gasteiger partial charge in [0, 0.05) is 0 Å². The Morgan fingerprint density at radius 1 is 0.524 bits per heavy atom. The Balaban J connectivity index is 0.00000161. The number of hydrogen-bond acceptors (Lipinski definition) is 6. The number of phenolic OH excluding ortho intramolecular Hbond substituents is 4. The SMILES string of the molecule is O=C1c2c(O)ccc(O)c2C(=O)c2c(O)ccc(O)c21.[MgH2]. The summed E-state index contributed by atoms with van der Waals surface area (Å²) < 4.78 is 0. The number of phenols is 4. The number of hydrogen-bond donors (Lipinski definition) is 4. The molecule has 104 valence electrons. The number of carbonyl (C=O) groups is 2. The third kappa shape index (κ3) is 1.93. The molecule has 2 aromatic carbocycles. The number of fused-ring (bicyclic) bond motifs is 2. The molecule has 7 heteroatoms. The van der Waals surface area contributed by atoms with Gasteiger partial charge in [-0.2, -0.15) is 0 Å². The molecular weight excluding hydrogens is 288 g/mol. The van der Waals surface area contributed by atoms with Crippen molar-refractivity contribution in [1.82, 2.24) is 0 Å². The van der Waals surface area contributed by atoms with Gasteiger partial charge in [-0.15, -0.1) is 0 Å². The maximum atomic E-state index is 12.3. The van der Waals surface area contributed by atoms with Crippen molar-refractivity contribution in [3.63, 3.8) is 0 Å². The number of carbonyl (C=O) groups excluding carboxylic acids is 2. The van der Waals surface area contributed by atoms with E-state index in [1.165, 1.54) is 0 Å². The van der Waals surface area contributed by atoms with Crippen molar-refractivity contribution >= 4 is 34.6 Å². The standard InChI is InChI=1S/C14H8O6.Mg.2H/c15-5-1-2-6(16)10-9(5)13(19)11-7(17)3-4-8(18)12(11)14(10)20;;;/h1-4,15-18H;;;. The summed E-state index contributed by atoms with van der Waals surface area (Å²) >= 11 is 0. The van der Waals surface area contributed by atoms with Gasteiger partial charge in [-0.3, -0.25) is 9.59 Å². The molecule has 0 heterocycles. The number of benzene rings is 2. The minimum absolute atomic E-state index is 0. The van der Waals surface area contributed by atoms with Crippen LogP contribution in [0.2, 0.25) is 0 Å². The molecule has 6 nitrogen and oxygen atoms in total. The van der Waals surface area contributed by atoms with Crippen LogP contribution in [0.3, 0.4) is 0 Å². The smallest absolute Gasteiger partial charge is 0.316 e. The van der Waals surface area contributed by atoms with Crippen LogP contribution >= 0.6 is 0 Å². The van der Waals surface area contributed by atoms with Crippen LogP contribution < -0.4 is 0 Å². The molecule has 3 rings (SSSR count). The van der Waals surface area contributed by atoms with Gasteiger partial charge in [0.1, 0.15) is 23.0 Å². The molecule has 1 aliphatic carbocycles. The minimum atomic E-state index is -0.837. The molecule has 0 fully saturated rings. The summed E-state index contributed by atoms with van der Waals surface area (Å²) in [5.74, 6) is -3.60. The van der Waals surface area contributed by atoms with E-state index in [4.69, 9.17) is 0 Å². The van der Waals surface area contributed by atoms with Crippen molar-refractivity contribution in [3.05, 3.63) is 46.5 Å². The Labute approximate surface area is 134 Å². The molecule has 0 atom stereocenters. The summed E-state index contributed by atoms with van der Waals surface area (Å²) in [5.41, 5.74) is -1.54. The minimum Gasteiger partial charge on any atom is -0.507 e. The van der Waals surface area contributed by atoms with Crippen molar-refractivity contribution in [2.45, 2.75) is 0 Å². The van der Waals surface area contributed by atoms with Crippen molar-refractivity contribution < 1.29 is 30.0 Å². The fraction of sp³-hybridized carbons (Fsp3) is 0. The first-order valence-electron chi connectivity index (χ1n) is 5.62. The average molecular weight is 299 g/mol. The molecule has 21 heavy (non-hydrogen) atoms. The highest BCUT2D eigenvalue weighted by molar-refractivity contribution is 6.31. The maximum absolute atomic E-state index is 12.3. The third-order valence-corrected chi connectivity index (χ3v) is 3.23. The normalized spacial score (nSPS) is 12.4. The van der Waals surface area contributed by atoms with Crippen molar-refractivity contribution in [2.24, 2.45) is 0 Å². The Morgan fingerprint density at radius 2 is 0.714 bits per heavy atom. The van der Waals surface area contributed by atoms with Gasteiger partial charge in [-0.25, -0.2) is 0 Å². The zero-order valence-electron chi connectivity index (χ0n) is 9.91. The molecule has 2 aromatic rings. The quantitative estimate of drug-likeness (QED) is 0.352. The highest BCUT2D eigenvalue weighted by Gasteiger charge is 2.38. The number of ketones is 2. The van der Waals surface area contributed by atoms with Gasteiger partial charge in [0.05, 0.1) is 22.3 Å². The summed E-state index contributed by atoms with van der Waals surface area (Å²) in [4.78, 5) is 24.6. The molecule has 0 aromatic heterocycles. The van der Waals surface area contributed by atoms with Gasteiger partial charge in [-0.05, 0) is 24.3 Å². The van der Waals surface area contributed by atoms with E-state index in [1.54, 1.807) is 0 Å².